The van der Waals surface area contributed by atoms with Crippen molar-refractivity contribution < 1.29 is 19.1 Å². The number of benzene rings is 2. The van der Waals surface area contributed by atoms with Gasteiger partial charge in [0.1, 0.15) is 18.8 Å². The first-order valence-corrected chi connectivity index (χ1v) is 8.13. The Bertz CT molecular complexity index is 775. The van der Waals surface area contributed by atoms with Gasteiger partial charge in [-0.05, 0) is 49.2 Å². The third-order valence-electron chi connectivity index (χ3n) is 4.52. The molecule has 4 nitrogen and oxygen atoms in total. The molecule has 2 aliphatic heterocycles. The maximum Gasteiger partial charge on any atom is 0.231 e. The lowest BCUT2D eigenvalue weighted by atomic mass is 10.0. The van der Waals surface area contributed by atoms with E-state index in [0.717, 1.165) is 46.5 Å². The zero-order valence-electron chi connectivity index (χ0n) is 13.2. The first kappa shape index (κ1) is 14.7. The van der Waals surface area contributed by atoms with Crippen molar-refractivity contribution in [3.8, 4) is 17.2 Å². The summed E-state index contributed by atoms with van der Waals surface area (Å²) in [6.45, 7) is 6.84. The van der Waals surface area contributed by atoms with Gasteiger partial charge in [-0.25, -0.2) is 0 Å². The molecule has 0 saturated carbocycles. The normalized spacial score (nSPS) is 18.5. The van der Waals surface area contributed by atoms with Crippen LogP contribution in [-0.2, 0) is 13.1 Å². The van der Waals surface area contributed by atoms with Crippen LogP contribution in [0.15, 0.2) is 24.3 Å². The molecule has 2 aromatic rings. The fourth-order valence-corrected chi connectivity index (χ4v) is 3.41. The van der Waals surface area contributed by atoms with E-state index < -0.39 is 0 Å². The molecular weight excluding hydrogens is 314 g/mol. The molecule has 23 heavy (non-hydrogen) atoms. The van der Waals surface area contributed by atoms with Crippen molar-refractivity contribution in [1.82, 2.24) is 0 Å². The molecule has 120 valence electrons. The van der Waals surface area contributed by atoms with Crippen LogP contribution in [0.3, 0.4) is 0 Å². The van der Waals surface area contributed by atoms with Crippen LogP contribution in [0, 0.1) is 13.8 Å². The smallest absolute Gasteiger partial charge is 0.231 e. The minimum Gasteiger partial charge on any atom is -0.454 e. The van der Waals surface area contributed by atoms with E-state index >= 15 is 0 Å². The SMILES string of the molecule is Cc1cc2c(c(C)c1Cl)C[NH+](Cc1ccc3c(c1)OCO3)CO2. The highest BCUT2D eigenvalue weighted by Crippen LogP contribution is 2.33. The Kier molecular flexibility index (Phi) is 3.58. The summed E-state index contributed by atoms with van der Waals surface area (Å²) >= 11 is 6.39. The van der Waals surface area contributed by atoms with Crippen LogP contribution < -0.4 is 19.1 Å². The van der Waals surface area contributed by atoms with Gasteiger partial charge in [0.2, 0.25) is 13.5 Å². The molecule has 0 aliphatic carbocycles. The van der Waals surface area contributed by atoms with E-state index in [4.69, 9.17) is 25.8 Å². The van der Waals surface area contributed by atoms with Gasteiger partial charge in [0.05, 0.1) is 5.56 Å². The monoisotopic (exact) mass is 332 g/mol. The molecular formula is C18H19ClNO3+. The molecule has 2 aliphatic rings. The summed E-state index contributed by atoms with van der Waals surface area (Å²) in [5, 5.41) is 0.844. The summed E-state index contributed by atoms with van der Waals surface area (Å²) in [6.07, 6.45) is 0. The Balaban J connectivity index is 1.55. The number of fused-ring (bicyclic) bond motifs is 2. The Hall–Kier alpha value is -1.91. The number of ether oxygens (including phenoxy) is 3. The van der Waals surface area contributed by atoms with Crippen LogP contribution in [0.1, 0.15) is 22.3 Å². The van der Waals surface area contributed by atoms with Crippen LogP contribution >= 0.6 is 11.6 Å². The van der Waals surface area contributed by atoms with Gasteiger partial charge < -0.3 is 14.2 Å². The highest BCUT2D eigenvalue weighted by Gasteiger charge is 2.25. The van der Waals surface area contributed by atoms with Crippen molar-refractivity contribution in [1.29, 1.82) is 0 Å². The van der Waals surface area contributed by atoms with E-state index in [-0.39, 0.29) is 0 Å². The molecule has 1 unspecified atom stereocenters. The van der Waals surface area contributed by atoms with Gasteiger partial charge in [-0.2, -0.15) is 0 Å². The number of hydrogen-bond acceptors (Lipinski definition) is 3. The van der Waals surface area contributed by atoms with Crippen molar-refractivity contribution in [2.45, 2.75) is 26.9 Å². The molecule has 1 N–H and O–H groups in total. The number of halogens is 1. The van der Waals surface area contributed by atoms with Gasteiger partial charge in [0.25, 0.3) is 0 Å². The van der Waals surface area contributed by atoms with E-state index in [2.05, 4.69) is 19.1 Å². The van der Waals surface area contributed by atoms with Crippen LogP contribution in [0.2, 0.25) is 5.02 Å². The fraction of sp³-hybridized carbons (Fsp3) is 0.333. The van der Waals surface area contributed by atoms with Crippen molar-refractivity contribution in [2.75, 3.05) is 13.5 Å². The lowest BCUT2D eigenvalue weighted by molar-refractivity contribution is -0.945. The van der Waals surface area contributed by atoms with Gasteiger partial charge >= 0.3 is 0 Å². The number of rotatable bonds is 2. The molecule has 0 amide bonds. The van der Waals surface area contributed by atoms with Crippen molar-refractivity contribution in [3.63, 3.8) is 0 Å². The molecule has 1 atom stereocenters. The minimum absolute atomic E-state index is 0.308. The standard InChI is InChI=1S/C18H18ClNO3/c1-11-5-16-14(12(2)18(11)19)8-20(9-21-16)7-13-3-4-15-17(6-13)23-10-22-15/h3-6H,7-10H2,1-2H3/p+1. The molecule has 0 radical (unpaired) electrons. The van der Waals surface area contributed by atoms with Gasteiger partial charge in [0.15, 0.2) is 11.5 Å². The number of quaternary nitrogens is 1. The van der Waals surface area contributed by atoms with Gasteiger partial charge in [-0.1, -0.05) is 11.6 Å². The zero-order chi connectivity index (χ0) is 16.0. The average Bonchev–Trinajstić information content (AvgIpc) is 3.01. The fourth-order valence-electron chi connectivity index (χ4n) is 3.24. The zero-order valence-corrected chi connectivity index (χ0v) is 14.0. The van der Waals surface area contributed by atoms with E-state index in [1.807, 2.05) is 19.1 Å². The Morgan fingerprint density at radius 1 is 1.04 bits per heavy atom. The molecule has 0 spiro atoms. The predicted molar refractivity (Wildman–Crippen MR) is 87.4 cm³/mol. The Labute approximate surface area is 140 Å². The summed E-state index contributed by atoms with van der Waals surface area (Å²) in [6, 6.07) is 8.16. The van der Waals surface area contributed by atoms with Crippen molar-refractivity contribution in [3.05, 3.63) is 51.5 Å². The second kappa shape index (κ2) is 5.62. The Morgan fingerprint density at radius 2 is 1.87 bits per heavy atom. The number of aryl methyl sites for hydroxylation is 1. The molecule has 0 bridgehead atoms. The first-order chi connectivity index (χ1) is 11.1. The quantitative estimate of drug-likeness (QED) is 0.917. The Morgan fingerprint density at radius 3 is 2.74 bits per heavy atom. The first-order valence-electron chi connectivity index (χ1n) is 7.75. The summed E-state index contributed by atoms with van der Waals surface area (Å²) in [5.74, 6) is 2.62. The second-order valence-corrected chi connectivity index (χ2v) is 6.57. The lowest BCUT2D eigenvalue weighted by Crippen LogP contribution is -3.11. The maximum atomic E-state index is 6.39. The minimum atomic E-state index is 0.308. The van der Waals surface area contributed by atoms with E-state index in [0.29, 0.717) is 13.5 Å². The van der Waals surface area contributed by atoms with E-state index in [1.54, 1.807) is 0 Å². The summed E-state index contributed by atoms with van der Waals surface area (Å²) in [7, 11) is 0. The predicted octanol–water partition coefficient (Wildman–Crippen LogP) is 2.62. The van der Waals surface area contributed by atoms with Crippen LogP contribution in [-0.4, -0.2) is 13.5 Å². The summed E-state index contributed by atoms with van der Waals surface area (Å²) in [4.78, 5) is 1.35. The second-order valence-electron chi connectivity index (χ2n) is 6.19. The van der Waals surface area contributed by atoms with Crippen LogP contribution in [0.25, 0.3) is 0 Å². The maximum absolute atomic E-state index is 6.39. The van der Waals surface area contributed by atoms with Crippen molar-refractivity contribution in [2.24, 2.45) is 0 Å². The van der Waals surface area contributed by atoms with E-state index in [1.165, 1.54) is 16.0 Å². The summed E-state index contributed by atoms with van der Waals surface area (Å²) in [5.41, 5.74) is 4.63. The van der Waals surface area contributed by atoms with Gasteiger partial charge in [-0.3, -0.25) is 4.90 Å². The largest absolute Gasteiger partial charge is 0.454 e. The molecule has 4 rings (SSSR count). The van der Waals surface area contributed by atoms with Gasteiger partial charge in [0, 0.05) is 10.6 Å². The molecule has 5 heteroatoms. The van der Waals surface area contributed by atoms with Crippen LogP contribution in [0.5, 0.6) is 17.2 Å². The van der Waals surface area contributed by atoms with Crippen LogP contribution in [0.4, 0.5) is 0 Å². The highest BCUT2D eigenvalue weighted by atomic mass is 35.5. The molecule has 2 aromatic carbocycles. The third kappa shape index (κ3) is 2.62. The highest BCUT2D eigenvalue weighted by molar-refractivity contribution is 6.32. The summed E-state index contributed by atoms with van der Waals surface area (Å²) < 4.78 is 16.8. The number of hydrogen-bond donors (Lipinski definition) is 1. The van der Waals surface area contributed by atoms with E-state index in [9.17, 15) is 0 Å². The van der Waals surface area contributed by atoms with Gasteiger partial charge in [-0.15, -0.1) is 0 Å². The lowest BCUT2D eigenvalue weighted by Gasteiger charge is -2.28. The molecule has 0 aromatic heterocycles. The van der Waals surface area contributed by atoms with Crippen molar-refractivity contribution >= 4 is 11.6 Å². The topological polar surface area (TPSA) is 32.1 Å². The molecule has 0 fully saturated rings. The molecule has 2 heterocycles. The third-order valence-corrected chi connectivity index (χ3v) is 5.10. The molecule has 0 saturated heterocycles. The number of nitrogens with one attached hydrogen (secondary N) is 1. The average molecular weight is 333 g/mol.